The minimum Gasteiger partial charge on any atom is -0.381 e. The van der Waals surface area contributed by atoms with E-state index >= 15 is 0 Å². The van der Waals surface area contributed by atoms with E-state index in [-0.39, 0.29) is 24.9 Å². The van der Waals surface area contributed by atoms with Crippen molar-refractivity contribution in [2.75, 3.05) is 39.4 Å². The molecule has 1 unspecified atom stereocenters. The maximum atomic E-state index is 12.1. The second-order valence-electron chi connectivity index (χ2n) is 5.21. The van der Waals surface area contributed by atoms with Crippen LogP contribution in [0.3, 0.4) is 0 Å². The highest BCUT2D eigenvalue weighted by atomic mass is 16.5. The Morgan fingerprint density at radius 1 is 1.45 bits per heavy atom. The van der Waals surface area contributed by atoms with Crippen molar-refractivity contribution in [1.29, 1.82) is 0 Å². The summed E-state index contributed by atoms with van der Waals surface area (Å²) < 4.78 is 5.50. The van der Waals surface area contributed by atoms with E-state index < -0.39 is 6.03 Å². The molecule has 2 aliphatic rings. The Kier molecular flexibility index (Phi) is 4.94. The molecule has 2 rings (SSSR count). The lowest BCUT2D eigenvalue weighted by atomic mass is 10.1. The van der Waals surface area contributed by atoms with Gasteiger partial charge in [-0.15, -0.1) is 0 Å². The summed E-state index contributed by atoms with van der Waals surface area (Å²) in [6.45, 7) is 4.61. The molecular formula is C13H21N3O4. The molecule has 2 fully saturated rings. The Labute approximate surface area is 118 Å². The summed E-state index contributed by atoms with van der Waals surface area (Å²) in [5.74, 6) is -0.160. The number of carbonyl (C=O) groups is 3. The number of urea groups is 1. The SMILES string of the molecule is CCCOCC1CCN(C(=O)CN2C(=O)CNC2=O)C1. The predicted octanol–water partition coefficient (Wildman–Crippen LogP) is -0.187. The Hall–Kier alpha value is -1.63. The van der Waals surface area contributed by atoms with Crippen LogP contribution in [0.2, 0.25) is 0 Å². The lowest BCUT2D eigenvalue weighted by molar-refractivity contribution is -0.135. The molecule has 0 aliphatic carbocycles. The average molecular weight is 283 g/mol. The fourth-order valence-corrected chi connectivity index (χ4v) is 2.44. The molecule has 2 saturated heterocycles. The Bertz CT molecular complexity index is 383. The van der Waals surface area contributed by atoms with Crippen LogP contribution in [0.4, 0.5) is 4.79 Å². The van der Waals surface area contributed by atoms with E-state index in [2.05, 4.69) is 12.2 Å². The number of carbonyl (C=O) groups excluding carboxylic acids is 3. The van der Waals surface area contributed by atoms with Crippen LogP contribution < -0.4 is 5.32 Å². The third kappa shape index (κ3) is 3.47. The lowest BCUT2D eigenvalue weighted by Gasteiger charge is -2.19. The van der Waals surface area contributed by atoms with E-state index in [9.17, 15) is 14.4 Å². The van der Waals surface area contributed by atoms with Gasteiger partial charge in [0.25, 0.3) is 5.91 Å². The standard InChI is InChI=1S/C13H21N3O4/c1-2-5-20-9-10-3-4-15(7-10)12(18)8-16-11(17)6-14-13(16)19/h10H,2-9H2,1H3,(H,14,19). The largest absolute Gasteiger partial charge is 0.381 e. The van der Waals surface area contributed by atoms with Gasteiger partial charge < -0.3 is 15.0 Å². The van der Waals surface area contributed by atoms with Gasteiger partial charge in [0.15, 0.2) is 0 Å². The fraction of sp³-hybridized carbons (Fsp3) is 0.769. The monoisotopic (exact) mass is 283 g/mol. The molecule has 20 heavy (non-hydrogen) atoms. The molecule has 7 nitrogen and oxygen atoms in total. The average Bonchev–Trinajstić information content (AvgIpc) is 3.01. The molecule has 1 N–H and O–H groups in total. The highest BCUT2D eigenvalue weighted by Gasteiger charge is 2.33. The van der Waals surface area contributed by atoms with Gasteiger partial charge in [0, 0.05) is 25.6 Å². The zero-order valence-electron chi connectivity index (χ0n) is 11.8. The van der Waals surface area contributed by atoms with Crippen LogP contribution in [-0.2, 0) is 14.3 Å². The summed E-state index contributed by atoms with van der Waals surface area (Å²) in [4.78, 5) is 37.6. The van der Waals surface area contributed by atoms with Crippen LogP contribution in [0, 0.1) is 5.92 Å². The van der Waals surface area contributed by atoms with Gasteiger partial charge >= 0.3 is 6.03 Å². The number of nitrogens with zero attached hydrogens (tertiary/aromatic N) is 2. The van der Waals surface area contributed by atoms with Crippen molar-refractivity contribution in [3.63, 3.8) is 0 Å². The number of imide groups is 1. The summed E-state index contributed by atoms with van der Waals surface area (Å²) in [5.41, 5.74) is 0. The lowest BCUT2D eigenvalue weighted by Crippen LogP contribution is -2.42. The van der Waals surface area contributed by atoms with Gasteiger partial charge in [0.1, 0.15) is 6.54 Å². The molecule has 112 valence electrons. The zero-order valence-corrected chi connectivity index (χ0v) is 11.8. The van der Waals surface area contributed by atoms with E-state index in [1.807, 2.05) is 0 Å². The van der Waals surface area contributed by atoms with Crippen LogP contribution >= 0.6 is 0 Å². The Morgan fingerprint density at radius 2 is 2.25 bits per heavy atom. The molecule has 0 aromatic rings. The summed E-state index contributed by atoms with van der Waals surface area (Å²) >= 11 is 0. The van der Waals surface area contributed by atoms with Gasteiger partial charge in [-0.05, 0) is 12.8 Å². The maximum Gasteiger partial charge on any atom is 0.325 e. The quantitative estimate of drug-likeness (QED) is 0.541. The van der Waals surface area contributed by atoms with E-state index in [0.29, 0.717) is 25.6 Å². The van der Waals surface area contributed by atoms with Crippen molar-refractivity contribution in [3.05, 3.63) is 0 Å². The minimum absolute atomic E-state index is 0.0143. The number of rotatable bonds is 6. The topological polar surface area (TPSA) is 79.0 Å². The second-order valence-corrected chi connectivity index (χ2v) is 5.21. The number of amides is 4. The third-order valence-corrected chi connectivity index (χ3v) is 3.57. The van der Waals surface area contributed by atoms with Crippen molar-refractivity contribution in [2.45, 2.75) is 19.8 Å². The first-order valence-electron chi connectivity index (χ1n) is 7.05. The Morgan fingerprint density at radius 3 is 2.90 bits per heavy atom. The molecule has 0 radical (unpaired) electrons. The number of nitrogens with one attached hydrogen (secondary N) is 1. The summed E-state index contributed by atoms with van der Waals surface area (Å²) in [6, 6.07) is -0.481. The fourth-order valence-electron chi connectivity index (χ4n) is 2.44. The Balaban J connectivity index is 1.76. The zero-order chi connectivity index (χ0) is 14.5. The highest BCUT2D eigenvalue weighted by Crippen LogP contribution is 2.17. The molecule has 0 aromatic heterocycles. The van der Waals surface area contributed by atoms with Crippen molar-refractivity contribution in [1.82, 2.24) is 15.1 Å². The van der Waals surface area contributed by atoms with Crippen LogP contribution in [0.1, 0.15) is 19.8 Å². The molecule has 7 heteroatoms. The normalized spacial score (nSPS) is 22.6. The smallest absolute Gasteiger partial charge is 0.325 e. The summed E-state index contributed by atoms with van der Waals surface area (Å²) in [7, 11) is 0. The number of hydrogen-bond acceptors (Lipinski definition) is 4. The van der Waals surface area contributed by atoms with Gasteiger partial charge in [0.2, 0.25) is 5.91 Å². The molecule has 4 amide bonds. The van der Waals surface area contributed by atoms with Crippen molar-refractivity contribution < 1.29 is 19.1 Å². The van der Waals surface area contributed by atoms with E-state index in [4.69, 9.17) is 4.74 Å². The second kappa shape index (κ2) is 6.69. The van der Waals surface area contributed by atoms with Gasteiger partial charge in [-0.1, -0.05) is 6.92 Å². The third-order valence-electron chi connectivity index (χ3n) is 3.57. The van der Waals surface area contributed by atoms with E-state index in [1.54, 1.807) is 4.90 Å². The van der Waals surface area contributed by atoms with E-state index in [0.717, 1.165) is 24.3 Å². The number of likely N-dealkylation sites (tertiary alicyclic amines) is 1. The summed E-state index contributed by atoms with van der Waals surface area (Å²) in [6.07, 6.45) is 1.90. The van der Waals surface area contributed by atoms with Crippen molar-refractivity contribution >= 4 is 17.8 Å². The first kappa shape index (κ1) is 14.8. The van der Waals surface area contributed by atoms with Gasteiger partial charge in [-0.25, -0.2) is 4.79 Å². The van der Waals surface area contributed by atoms with Crippen LogP contribution in [0.15, 0.2) is 0 Å². The first-order valence-corrected chi connectivity index (χ1v) is 7.05. The van der Waals surface area contributed by atoms with Gasteiger partial charge in [0.05, 0.1) is 13.2 Å². The predicted molar refractivity (Wildman–Crippen MR) is 70.9 cm³/mol. The number of hydrogen-bond donors (Lipinski definition) is 1. The van der Waals surface area contributed by atoms with Crippen molar-refractivity contribution in [3.8, 4) is 0 Å². The van der Waals surface area contributed by atoms with Crippen LogP contribution in [0.5, 0.6) is 0 Å². The first-order chi connectivity index (χ1) is 9.61. The molecule has 0 bridgehead atoms. The highest BCUT2D eigenvalue weighted by molar-refractivity contribution is 6.04. The maximum absolute atomic E-state index is 12.1. The van der Waals surface area contributed by atoms with Crippen molar-refractivity contribution in [2.24, 2.45) is 5.92 Å². The van der Waals surface area contributed by atoms with E-state index in [1.165, 1.54) is 0 Å². The molecule has 2 heterocycles. The van der Waals surface area contributed by atoms with Gasteiger partial charge in [-0.2, -0.15) is 0 Å². The molecule has 1 atom stereocenters. The molecule has 0 saturated carbocycles. The molecule has 2 aliphatic heterocycles. The van der Waals surface area contributed by atoms with Crippen LogP contribution in [0.25, 0.3) is 0 Å². The molecule has 0 aromatic carbocycles. The molecule has 0 spiro atoms. The molecular weight excluding hydrogens is 262 g/mol. The van der Waals surface area contributed by atoms with Gasteiger partial charge in [-0.3, -0.25) is 14.5 Å². The van der Waals surface area contributed by atoms with Crippen LogP contribution in [-0.4, -0.2) is 67.0 Å². The minimum atomic E-state index is -0.481. The number of ether oxygens (including phenoxy) is 1. The summed E-state index contributed by atoms with van der Waals surface area (Å²) in [5, 5.41) is 2.41.